The predicted octanol–water partition coefficient (Wildman–Crippen LogP) is 3.26. The van der Waals surface area contributed by atoms with Gasteiger partial charge in [0.05, 0.1) is 5.76 Å². The number of nitrogens with one attached hydrogen (secondary N) is 1. The summed E-state index contributed by atoms with van der Waals surface area (Å²) in [5.74, 6) is 1.02. The molecular formula is C15H27NO2. The van der Waals surface area contributed by atoms with E-state index in [9.17, 15) is 4.79 Å². The zero-order chi connectivity index (χ0) is 14.0. The second-order valence-corrected chi connectivity index (χ2v) is 6.15. The molecule has 1 fully saturated rings. The van der Waals surface area contributed by atoms with Crippen molar-refractivity contribution in [3.05, 3.63) is 12.3 Å². The molecule has 1 rings (SSSR count). The van der Waals surface area contributed by atoms with Gasteiger partial charge in [-0.05, 0) is 45.1 Å². The lowest BCUT2D eigenvalue weighted by Crippen LogP contribution is -2.29. The van der Waals surface area contributed by atoms with Crippen LogP contribution in [0, 0.1) is 11.3 Å². The number of esters is 1. The van der Waals surface area contributed by atoms with Crippen LogP contribution in [0.2, 0.25) is 0 Å². The smallest absolute Gasteiger partial charge is 0.310 e. The molecule has 0 heterocycles. The number of hydrogen-bond acceptors (Lipinski definition) is 3. The highest BCUT2D eigenvalue weighted by atomic mass is 16.5. The normalized spacial score (nSPS) is 28.8. The van der Waals surface area contributed by atoms with Crippen LogP contribution in [0.25, 0.3) is 0 Å². The second kappa shape index (κ2) is 5.43. The van der Waals surface area contributed by atoms with Crippen molar-refractivity contribution in [3.63, 3.8) is 0 Å². The number of hydrogen-bond donors (Lipinski definition) is 1. The van der Waals surface area contributed by atoms with E-state index in [4.69, 9.17) is 4.74 Å². The second-order valence-electron chi connectivity index (χ2n) is 6.15. The third-order valence-electron chi connectivity index (χ3n) is 4.75. The summed E-state index contributed by atoms with van der Waals surface area (Å²) in [5.41, 5.74) is 0.616. The van der Waals surface area contributed by atoms with E-state index in [1.54, 1.807) is 6.92 Å². The summed E-state index contributed by atoms with van der Waals surface area (Å²) in [6.45, 7) is 12.2. The van der Waals surface area contributed by atoms with Crippen LogP contribution in [-0.2, 0) is 9.53 Å². The molecule has 1 N–H and O–H groups in total. The average Bonchev–Trinajstić information content (AvgIpc) is 2.68. The first kappa shape index (κ1) is 15.2. The minimum absolute atomic E-state index is 0.158. The Labute approximate surface area is 111 Å². The van der Waals surface area contributed by atoms with Gasteiger partial charge in [0.2, 0.25) is 0 Å². The summed E-state index contributed by atoms with van der Waals surface area (Å²) >= 11 is 0. The fourth-order valence-corrected chi connectivity index (χ4v) is 3.11. The number of rotatable bonds is 7. The molecule has 3 heteroatoms. The topological polar surface area (TPSA) is 38.3 Å². The van der Waals surface area contributed by atoms with Gasteiger partial charge in [-0.3, -0.25) is 4.79 Å². The Kier molecular flexibility index (Phi) is 4.60. The molecule has 0 aromatic heterocycles. The lowest BCUT2D eigenvalue weighted by Gasteiger charge is -2.12. The van der Waals surface area contributed by atoms with E-state index >= 15 is 0 Å². The zero-order valence-electron chi connectivity index (χ0n) is 12.4. The first-order chi connectivity index (χ1) is 8.25. The number of allylic oxidation sites excluding steroid dienone is 1. The van der Waals surface area contributed by atoms with Crippen molar-refractivity contribution in [2.24, 2.45) is 11.3 Å². The summed E-state index contributed by atoms with van der Waals surface area (Å²) in [7, 11) is 2.03. The van der Waals surface area contributed by atoms with Crippen LogP contribution in [-0.4, -0.2) is 18.6 Å². The van der Waals surface area contributed by atoms with E-state index in [1.807, 2.05) is 7.05 Å². The molecule has 18 heavy (non-hydrogen) atoms. The molecule has 104 valence electrons. The molecule has 1 aliphatic carbocycles. The summed E-state index contributed by atoms with van der Waals surface area (Å²) in [5, 5.41) is 3.43. The van der Waals surface area contributed by atoms with Gasteiger partial charge in [-0.25, -0.2) is 0 Å². The third-order valence-corrected chi connectivity index (χ3v) is 4.75. The third kappa shape index (κ3) is 2.94. The highest BCUT2D eigenvalue weighted by Gasteiger charge is 2.66. The maximum absolute atomic E-state index is 11.3. The predicted molar refractivity (Wildman–Crippen MR) is 74.1 cm³/mol. The molecule has 0 amide bonds. The van der Waals surface area contributed by atoms with E-state index in [1.165, 1.54) is 6.42 Å². The van der Waals surface area contributed by atoms with E-state index in [0.29, 0.717) is 23.5 Å². The van der Waals surface area contributed by atoms with Crippen molar-refractivity contribution in [2.45, 2.75) is 58.9 Å². The van der Waals surface area contributed by atoms with Crippen LogP contribution in [0.15, 0.2) is 12.3 Å². The molecule has 0 bridgehead atoms. The molecule has 2 unspecified atom stereocenters. The molecule has 0 aromatic carbocycles. The van der Waals surface area contributed by atoms with Gasteiger partial charge in [-0.1, -0.05) is 26.8 Å². The van der Waals surface area contributed by atoms with Gasteiger partial charge >= 0.3 is 5.97 Å². The Hall–Kier alpha value is -0.830. The molecule has 3 nitrogen and oxygen atoms in total. The largest absolute Gasteiger partial charge is 0.432 e. The maximum Gasteiger partial charge on any atom is 0.310 e. The molecule has 1 saturated carbocycles. The van der Waals surface area contributed by atoms with Crippen LogP contribution in [0.3, 0.4) is 0 Å². The Balaban J connectivity index is 2.21. The Morgan fingerprint density at radius 2 is 1.94 bits per heavy atom. The number of carbonyl (C=O) groups is 1. The van der Waals surface area contributed by atoms with Crippen molar-refractivity contribution < 1.29 is 9.53 Å². The standard InChI is InChI=1S/C15H27NO2/c1-11(2)18-13(17)10-8-7-9-12-14(3,4)15(12,5)16-6/h12,16H,1,7-10H2,2-6H3. The van der Waals surface area contributed by atoms with Crippen molar-refractivity contribution in [2.75, 3.05) is 7.05 Å². The Bertz CT molecular complexity index is 335. The molecule has 0 spiro atoms. The van der Waals surface area contributed by atoms with Gasteiger partial charge in [0.25, 0.3) is 0 Å². The fraction of sp³-hybridized carbons (Fsp3) is 0.800. The molecule has 2 atom stereocenters. The number of unbranched alkanes of at least 4 members (excludes halogenated alkanes) is 1. The summed E-state index contributed by atoms with van der Waals surface area (Å²) in [6.07, 6.45) is 3.65. The highest BCUT2D eigenvalue weighted by Crippen LogP contribution is 2.63. The molecule has 0 aliphatic heterocycles. The van der Waals surface area contributed by atoms with E-state index < -0.39 is 0 Å². The van der Waals surface area contributed by atoms with E-state index in [0.717, 1.165) is 12.8 Å². The first-order valence-corrected chi connectivity index (χ1v) is 6.81. The SMILES string of the molecule is C=C(C)OC(=O)CCCCC1C(C)(C)C1(C)NC. The van der Waals surface area contributed by atoms with Gasteiger partial charge in [0.15, 0.2) is 0 Å². The van der Waals surface area contributed by atoms with Crippen LogP contribution >= 0.6 is 0 Å². The van der Waals surface area contributed by atoms with Gasteiger partial charge in [-0.2, -0.15) is 0 Å². The summed E-state index contributed by atoms with van der Waals surface area (Å²) < 4.78 is 4.93. The van der Waals surface area contributed by atoms with Crippen LogP contribution in [0.1, 0.15) is 53.4 Å². The van der Waals surface area contributed by atoms with E-state index in [2.05, 4.69) is 32.7 Å². The number of carbonyl (C=O) groups excluding carboxylic acids is 1. The quantitative estimate of drug-likeness (QED) is 0.430. The minimum atomic E-state index is -0.158. The van der Waals surface area contributed by atoms with Crippen LogP contribution in [0.4, 0.5) is 0 Å². The molecule has 1 aliphatic rings. The fourth-order valence-electron chi connectivity index (χ4n) is 3.11. The minimum Gasteiger partial charge on any atom is -0.432 e. The molecule has 0 radical (unpaired) electrons. The van der Waals surface area contributed by atoms with Crippen molar-refractivity contribution >= 4 is 5.97 Å². The lowest BCUT2D eigenvalue weighted by molar-refractivity contribution is -0.139. The van der Waals surface area contributed by atoms with Gasteiger partial charge in [0, 0.05) is 12.0 Å². The Morgan fingerprint density at radius 3 is 2.39 bits per heavy atom. The first-order valence-electron chi connectivity index (χ1n) is 6.81. The Morgan fingerprint density at radius 1 is 1.33 bits per heavy atom. The van der Waals surface area contributed by atoms with Gasteiger partial charge in [0.1, 0.15) is 0 Å². The summed E-state index contributed by atoms with van der Waals surface area (Å²) in [4.78, 5) is 11.3. The molecule has 0 aromatic rings. The van der Waals surface area contributed by atoms with Crippen LogP contribution in [0.5, 0.6) is 0 Å². The summed E-state index contributed by atoms with van der Waals surface area (Å²) in [6, 6.07) is 0. The van der Waals surface area contributed by atoms with Gasteiger partial charge in [-0.15, -0.1) is 0 Å². The van der Waals surface area contributed by atoms with Crippen molar-refractivity contribution in [1.82, 2.24) is 5.32 Å². The molecule has 0 saturated heterocycles. The number of ether oxygens (including phenoxy) is 1. The van der Waals surface area contributed by atoms with Gasteiger partial charge < -0.3 is 10.1 Å². The monoisotopic (exact) mass is 253 g/mol. The van der Waals surface area contributed by atoms with E-state index in [-0.39, 0.29) is 11.5 Å². The molecular weight excluding hydrogens is 226 g/mol. The average molecular weight is 253 g/mol. The van der Waals surface area contributed by atoms with Crippen LogP contribution < -0.4 is 5.32 Å². The van der Waals surface area contributed by atoms with Crippen molar-refractivity contribution in [1.29, 1.82) is 0 Å². The zero-order valence-corrected chi connectivity index (χ0v) is 12.4. The van der Waals surface area contributed by atoms with Crippen molar-refractivity contribution in [3.8, 4) is 0 Å². The highest BCUT2D eigenvalue weighted by molar-refractivity contribution is 5.70. The maximum atomic E-state index is 11.3. The lowest BCUT2D eigenvalue weighted by atomic mass is 10.0.